The Morgan fingerprint density at radius 1 is 1.35 bits per heavy atom. The highest BCUT2D eigenvalue weighted by Gasteiger charge is 2.22. The predicted molar refractivity (Wildman–Crippen MR) is 92.8 cm³/mol. The van der Waals surface area contributed by atoms with Gasteiger partial charge in [-0.1, -0.05) is 37.4 Å². The number of ether oxygens (including phenoxy) is 1. The van der Waals surface area contributed by atoms with E-state index in [1.165, 1.54) is 25.6 Å². The highest BCUT2D eigenvalue weighted by atomic mass is 16.5. The lowest BCUT2D eigenvalue weighted by Gasteiger charge is -2.29. The molecule has 23 heavy (non-hydrogen) atoms. The van der Waals surface area contributed by atoms with Crippen LogP contribution in [-0.2, 0) is 4.79 Å². The molecule has 0 aliphatic heterocycles. The van der Waals surface area contributed by atoms with E-state index in [-0.39, 0.29) is 18.6 Å². The normalized spacial score (nSPS) is 21.1. The van der Waals surface area contributed by atoms with Crippen LogP contribution in [0.1, 0.15) is 32.6 Å². The molecule has 1 heterocycles. The fourth-order valence-corrected chi connectivity index (χ4v) is 3.17. The molecule has 1 saturated carbocycles. The number of carbonyl (C=O) groups is 1. The molecule has 6 heteroatoms. The number of amides is 1. The summed E-state index contributed by atoms with van der Waals surface area (Å²) in [5.74, 6) is 0.920. The Hall–Kier alpha value is -2.11. The van der Waals surface area contributed by atoms with Crippen LogP contribution in [0, 0.1) is 5.92 Å². The first-order valence-corrected chi connectivity index (χ1v) is 8.27. The van der Waals surface area contributed by atoms with Crippen LogP contribution in [0.15, 0.2) is 24.5 Å². The lowest BCUT2D eigenvalue weighted by atomic mass is 9.86. The Morgan fingerprint density at radius 3 is 3.00 bits per heavy atom. The minimum atomic E-state index is -0.0804. The first-order chi connectivity index (χ1) is 11.1. The quantitative estimate of drug-likeness (QED) is 0.854. The summed E-state index contributed by atoms with van der Waals surface area (Å²) in [5, 5.41) is 3.93. The maximum atomic E-state index is 12.2. The standard InChI is InChI=1S/C17H22BN3O2/c1-11-4-2-3-5-14(11)21-16(22)9-23-17-13-8-12(18)6-7-15(13)19-10-20-17/h6-8,10-11,14H,2-5,9,18H2,1H3,(H,21,22). The Labute approximate surface area is 137 Å². The van der Waals surface area contributed by atoms with Crippen molar-refractivity contribution in [3.63, 3.8) is 0 Å². The van der Waals surface area contributed by atoms with Gasteiger partial charge in [0.05, 0.1) is 10.9 Å². The van der Waals surface area contributed by atoms with Gasteiger partial charge in [0.25, 0.3) is 5.91 Å². The van der Waals surface area contributed by atoms with Crippen molar-refractivity contribution in [3.8, 4) is 5.88 Å². The monoisotopic (exact) mass is 311 g/mol. The summed E-state index contributed by atoms with van der Waals surface area (Å²) in [7, 11) is 2.01. The number of fused-ring (bicyclic) bond motifs is 1. The zero-order valence-corrected chi connectivity index (χ0v) is 13.7. The molecule has 1 fully saturated rings. The number of carbonyl (C=O) groups excluding carboxylic acids is 1. The fourth-order valence-electron chi connectivity index (χ4n) is 3.17. The Balaban J connectivity index is 1.64. The third-order valence-electron chi connectivity index (χ3n) is 4.55. The van der Waals surface area contributed by atoms with Crippen LogP contribution >= 0.6 is 0 Å². The zero-order chi connectivity index (χ0) is 16.2. The summed E-state index contributed by atoms with van der Waals surface area (Å²) in [5.41, 5.74) is 1.93. The SMILES string of the molecule is Bc1ccc2ncnc(OCC(=O)NC3CCCCC3C)c2c1. The van der Waals surface area contributed by atoms with Crippen LogP contribution in [0.5, 0.6) is 5.88 Å². The van der Waals surface area contributed by atoms with Crippen molar-refractivity contribution in [1.82, 2.24) is 15.3 Å². The lowest BCUT2D eigenvalue weighted by molar-refractivity contribution is -0.124. The summed E-state index contributed by atoms with van der Waals surface area (Å²) >= 11 is 0. The van der Waals surface area contributed by atoms with Gasteiger partial charge in [0.1, 0.15) is 14.2 Å². The number of hydrogen-bond acceptors (Lipinski definition) is 4. The van der Waals surface area contributed by atoms with E-state index in [1.807, 2.05) is 26.0 Å². The molecule has 0 spiro atoms. The molecule has 2 aromatic rings. The average molecular weight is 311 g/mol. The molecule has 1 N–H and O–H groups in total. The largest absolute Gasteiger partial charge is 0.467 e. The number of benzene rings is 1. The van der Waals surface area contributed by atoms with Gasteiger partial charge in [0, 0.05) is 6.04 Å². The van der Waals surface area contributed by atoms with Crippen LogP contribution < -0.4 is 15.5 Å². The van der Waals surface area contributed by atoms with E-state index in [2.05, 4.69) is 22.2 Å². The molecule has 0 bridgehead atoms. The van der Waals surface area contributed by atoms with Gasteiger partial charge < -0.3 is 10.1 Å². The second-order valence-corrected chi connectivity index (χ2v) is 6.42. The molecule has 0 radical (unpaired) electrons. The van der Waals surface area contributed by atoms with Crippen LogP contribution in [-0.4, -0.2) is 36.4 Å². The summed E-state index contributed by atoms with van der Waals surface area (Å²) < 4.78 is 5.65. The molecular weight excluding hydrogens is 289 g/mol. The molecular formula is C17H22BN3O2. The number of hydrogen-bond donors (Lipinski definition) is 1. The van der Waals surface area contributed by atoms with Crippen molar-refractivity contribution < 1.29 is 9.53 Å². The fraction of sp³-hybridized carbons (Fsp3) is 0.471. The molecule has 1 aliphatic rings. The molecule has 5 nitrogen and oxygen atoms in total. The van der Waals surface area contributed by atoms with Gasteiger partial charge in [-0.3, -0.25) is 4.79 Å². The van der Waals surface area contributed by atoms with Gasteiger partial charge in [-0.25, -0.2) is 9.97 Å². The lowest BCUT2D eigenvalue weighted by Crippen LogP contribution is -2.43. The maximum Gasteiger partial charge on any atom is 0.258 e. The van der Waals surface area contributed by atoms with E-state index >= 15 is 0 Å². The maximum absolute atomic E-state index is 12.2. The first-order valence-electron chi connectivity index (χ1n) is 8.27. The molecule has 2 atom stereocenters. The van der Waals surface area contributed by atoms with Crippen LogP contribution in [0.2, 0.25) is 0 Å². The molecule has 2 unspecified atom stereocenters. The average Bonchev–Trinajstić information content (AvgIpc) is 2.55. The predicted octanol–water partition coefficient (Wildman–Crippen LogP) is 0.962. The highest BCUT2D eigenvalue weighted by molar-refractivity contribution is 6.33. The Kier molecular flexibility index (Phi) is 4.79. The van der Waals surface area contributed by atoms with Gasteiger partial charge in [-0.15, -0.1) is 0 Å². The van der Waals surface area contributed by atoms with Crippen molar-refractivity contribution in [2.75, 3.05) is 6.61 Å². The molecule has 1 amide bonds. The van der Waals surface area contributed by atoms with Gasteiger partial charge in [-0.2, -0.15) is 0 Å². The molecule has 1 aromatic heterocycles. The molecule has 1 aromatic carbocycles. The van der Waals surface area contributed by atoms with Crippen molar-refractivity contribution >= 4 is 30.1 Å². The van der Waals surface area contributed by atoms with Crippen molar-refractivity contribution in [1.29, 1.82) is 0 Å². The summed E-state index contributed by atoms with van der Waals surface area (Å²) in [4.78, 5) is 20.5. The molecule has 3 rings (SSSR count). The van der Waals surface area contributed by atoms with Gasteiger partial charge in [-0.05, 0) is 24.8 Å². The molecule has 0 saturated heterocycles. The molecule has 120 valence electrons. The third-order valence-corrected chi connectivity index (χ3v) is 4.55. The zero-order valence-electron chi connectivity index (χ0n) is 13.7. The number of aromatic nitrogens is 2. The topological polar surface area (TPSA) is 64.1 Å². The number of rotatable bonds is 4. The third kappa shape index (κ3) is 3.81. The van der Waals surface area contributed by atoms with E-state index in [0.29, 0.717) is 11.8 Å². The van der Waals surface area contributed by atoms with Gasteiger partial charge in [0.15, 0.2) is 6.61 Å². The summed E-state index contributed by atoms with van der Waals surface area (Å²) in [6.45, 7) is 2.19. The van der Waals surface area contributed by atoms with Crippen molar-refractivity contribution in [2.45, 2.75) is 38.6 Å². The van der Waals surface area contributed by atoms with Crippen molar-refractivity contribution in [2.24, 2.45) is 5.92 Å². The van der Waals surface area contributed by atoms with E-state index in [1.54, 1.807) is 0 Å². The highest BCUT2D eigenvalue weighted by Crippen LogP contribution is 2.24. The van der Waals surface area contributed by atoms with Crippen LogP contribution in [0.3, 0.4) is 0 Å². The number of nitrogens with zero attached hydrogens (tertiary/aromatic N) is 2. The van der Waals surface area contributed by atoms with E-state index in [4.69, 9.17) is 4.74 Å². The van der Waals surface area contributed by atoms with E-state index in [9.17, 15) is 4.79 Å². The second kappa shape index (κ2) is 6.98. The van der Waals surface area contributed by atoms with Crippen molar-refractivity contribution in [3.05, 3.63) is 24.5 Å². The Bertz CT molecular complexity index is 707. The number of nitrogens with one attached hydrogen (secondary N) is 1. The van der Waals surface area contributed by atoms with E-state index in [0.717, 1.165) is 22.8 Å². The summed E-state index contributed by atoms with van der Waals surface area (Å²) in [6.07, 6.45) is 6.15. The summed E-state index contributed by atoms with van der Waals surface area (Å²) in [6, 6.07) is 6.18. The van der Waals surface area contributed by atoms with Crippen LogP contribution in [0.4, 0.5) is 0 Å². The smallest absolute Gasteiger partial charge is 0.258 e. The van der Waals surface area contributed by atoms with Gasteiger partial charge >= 0.3 is 0 Å². The molecule has 1 aliphatic carbocycles. The first kappa shape index (κ1) is 15.8. The Morgan fingerprint density at radius 2 is 2.17 bits per heavy atom. The van der Waals surface area contributed by atoms with Gasteiger partial charge in [0.2, 0.25) is 5.88 Å². The second-order valence-electron chi connectivity index (χ2n) is 6.42. The minimum absolute atomic E-state index is 0.0106. The van der Waals surface area contributed by atoms with E-state index < -0.39 is 0 Å². The van der Waals surface area contributed by atoms with Crippen LogP contribution in [0.25, 0.3) is 10.9 Å². The minimum Gasteiger partial charge on any atom is -0.467 e.